The fraction of sp³-hybridized carbons (Fsp3) is 0.200. The van der Waals surface area contributed by atoms with E-state index in [2.05, 4.69) is 15.9 Å². The van der Waals surface area contributed by atoms with Crippen molar-refractivity contribution < 1.29 is 9.50 Å². The fourth-order valence-corrected chi connectivity index (χ4v) is 2.48. The smallest absolute Gasteiger partial charge is 0.130 e. The summed E-state index contributed by atoms with van der Waals surface area (Å²) in [5.74, 6) is -0.385. The van der Waals surface area contributed by atoms with Crippen LogP contribution in [0.5, 0.6) is 0 Å². The molecule has 0 fully saturated rings. The maximum absolute atomic E-state index is 13.7. The zero-order valence-electron chi connectivity index (χ0n) is 10.0. The van der Waals surface area contributed by atoms with Gasteiger partial charge in [-0.25, -0.2) is 4.39 Å². The first-order valence-electron chi connectivity index (χ1n) is 5.75. The average Bonchev–Trinajstić information content (AvgIpc) is 2.32. The number of halogens is 2. The summed E-state index contributed by atoms with van der Waals surface area (Å²) in [5.41, 5.74) is 2.47. The molecule has 18 heavy (non-hydrogen) atoms. The molecule has 0 bridgehead atoms. The van der Waals surface area contributed by atoms with Crippen LogP contribution in [-0.4, -0.2) is 5.11 Å². The van der Waals surface area contributed by atoms with E-state index in [0.717, 1.165) is 5.56 Å². The minimum absolute atomic E-state index is 0.318. The van der Waals surface area contributed by atoms with E-state index in [0.29, 0.717) is 16.5 Å². The van der Waals surface area contributed by atoms with E-state index in [4.69, 9.17) is 0 Å². The third-order valence-electron chi connectivity index (χ3n) is 2.88. The van der Waals surface area contributed by atoms with E-state index in [1.807, 2.05) is 31.2 Å². The highest BCUT2D eigenvalue weighted by Crippen LogP contribution is 2.28. The summed E-state index contributed by atoms with van der Waals surface area (Å²) >= 11 is 3.27. The quantitative estimate of drug-likeness (QED) is 0.902. The molecule has 1 unspecified atom stereocenters. The Labute approximate surface area is 114 Å². The third-order valence-corrected chi connectivity index (χ3v) is 3.57. The van der Waals surface area contributed by atoms with Gasteiger partial charge in [-0.15, -0.1) is 0 Å². The highest BCUT2D eigenvalue weighted by molar-refractivity contribution is 9.10. The fourth-order valence-electron chi connectivity index (χ4n) is 1.88. The van der Waals surface area contributed by atoms with Crippen molar-refractivity contribution >= 4 is 15.9 Å². The van der Waals surface area contributed by atoms with E-state index in [1.54, 1.807) is 12.1 Å². The van der Waals surface area contributed by atoms with Gasteiger partial charge in [0.1, 0.15) is 5.82 Å². The molecule has 1 nitrogen and oxygen atoms in total. The zero-order valence-corrected chi connectivity index (χ0v) is 11.6. The number of aliphatic hydroxyl groups is 1. The number of rotatable bonds is 3. The molecule has 0 aliphatic rings. The predicted molar refractivity (Wildman–Crippen MR) is 73.9 cm³/mol. The molecule has 94 valence electrons. The molecule has 0 saturated carbocycles. The number of aryl methyl sites for hydroxylation is 1. The van der Waals surface area contributed by atoms with Crippen molar-refractivity contribution in [3.8, 4) is 0 Å². The lowest BCUT2D eigenvalue weighted by molar-refractivity contribution is 0.173. The maximum Gasteiger partial charge on any atom is 0.130 e. The molecule has 2 aromatic carbocycles. The van der Waals surface area contributed by atoms with E-state index in [9.17, 15) is 9.50 Å². The van der Waals surface area contributed by atoms with Gasteiger partial charge in [0.15, 0.2) is 0 Å². The standard InChI is InChI=1S/C15H14BrFO/c1-10-5-7-11(8-6-10)9-14(18)15-12(16)3-2-4-13(15)17/h2-8,14,18H,9H2,1H3. The summed E-state index contributed by atoms with van der Waals surface area (Å²) < 4.78 is 14.3. The van der Waals surface area contributed by atoms with Crippen LogP contribution in [0.4, 0.5) is 4.39 Å². The molecule has 0 radical (unpaired) electrons. The molecule has 2 rings (SSSR count). The van der Waals surface area contributed by atoms with Crippen LogP contribution in [0.3, 0.4) is 0 Å². The van der Waals surface area contributed by atoms with Gasteiger partial charge in [0.25, 0.3) is 0 Å². The average molecular weight is 309 g/mol. The van der Waals surface area contributed by atoms with Gasteiger partial charge in [-0.1, -0.05) is 51.8 Å². The molecule has 2 aromatic rings. The summed E-state index contributed by atoms with van der Waals surface area (Å²) in [6.45, 7) is 2.01. The molecular weight excluding hydrogens is 295 g/mol. The Kier molecular flexibility index (Phi) is 4.15. The highest BCUT2D eigenvalue weighted by atomic mass is 79.9. The van der Waals surface area contributed by atoms with Crippen LogP contribution in [0.1, 0.15) is 22.8 Å². The molecule has 0 aliphatic carbocycles. The lowest BCUT2D eigenvalue weighted by Gasteiger charge is -2.14. The van der Waals surface area contributed by atoms with Crippen LogP contribution in [0.2, 0.25) is 0 Å². The van der Waals surface area contributed by atoms with Crippen molar-refractivity contribution in [1.82, 2.24) is 0 Å². The minimum atomic E-state index is -0.844. The van der Waals surface area contributed by atoms with Gasteiger partial charge < -0.3 is 5.11 Å². The van der Waals surface area contributed by atoms with Gasteiger partial charge in [-0.05, 0) is 24.6 Å². The van der Waals surface area contributed by atoms with Crippen molar-refractivity contribution in [3.63, 3.8) is 0 Å². The Balaban J connectivity index is 2.22. The Bertz CT molecular complexity index is 516. The molecule has 0 aromatic heterocycles. The Hall–Kier alpha value is -1.19. The van der Waals surface area contributed by atoms with Crippen LogP contribution < -0.4 is 0 Å². The topological polar surface area (TPSA) is 20.2 Å². The van der Waals surface area contributed by atoms with E-state index in [1.165, 1.54) is 11.6 Å². The van der Waals surface area contributed by atoms with Gasteiger partial charge in [0.2, 0.25) is 0 Å². The lowest BCUT2D eigenvalue weighted by Crippen LogP contribution is -2.05. The first-order valence-corrected chi connectivity index (χ1v) is 6.55. The molecule has 0 spiro atoms. The van der Waals surface area contributed by atoms with Crippen LogP contribution in [-0.2, 0) is 6.42 Å². The van der Waals surface area contributed by atoms with Crippen molar-refractivity contribution in [2.45, 2.75) is 19.4 Å². The van der Waals surface area contributed by atoms with Gasteiger partial charge in [-0.2, -0.15) is 0 Å². The summed E-state index contributed by atoms with van der Waals surface area (Å²) in [5, 5.41) is 10.1. The van der Waals surface area contributed by atoms with Gasteiger partial charge >= 0.3 is 0 Å². The molecule has 0 amide bonds. The second-order valence-electron chi connectivity index (χ2n) is 4.34. The van der Waals surface area contributed by atoms with Gasteiger partial charge in [0, 0.05) is 16.5 Å². The van der Waals surface area contributed by atoms with Crippen LogP contribution >= 0.6 is 15.9 Å². The zero-order chi connectivity index (χ0) is 13.1. The molecular formula is C15H14BrFO. The SMILES string of the molecule is Cc1ccc(CC(O)c2c(F)cccc2Br)cc1. The number of benzene rings is 2. The van der Waals surface area contributed by atoms with Crippen molar-refractivity contribution in [2.75, 3.05) is 0 Å². The van der Waals surface area contributed by atoms with Crippen LogP contribution in [0, 0.1) is 12.7 Å². The third kappa shape index (κ3) is 2.98. The van der Waals surface area contributed by atoms with Crippen molar-refractivity contribution in [3.05, 3.63) is 69.4 Å². The molecule has 1 N–H and O–H groups in total. The Morgan fingerprint density at radius 2 is 1.83 bits per heavy atom. The number of hydrogen-bond acceptors (Lipinski definition) is 1. The summed E-state index contributed by atoms with van der Waals surface area (Å²) in [6, 6.07) is 12.6. The van der Waals surface area contributed by atoms with Gasteiger partial charge in [0.05, 0.1) is 6.10 Å². The highest BCUT2D eigenvalue weighted by Gasteiger charge is 2.16. The molecule has 0 saturated heterocycles. The van der Waals surface area contributed by atoms with Gasteiger partial charge in [-0.3, -0.25) is 0 Å². The lowest BCUT2D eigenvalue weighted by atomic mass is 10.0. The second-order valence-corrected chi connectivity index (χ2v) is 5.20. The predicted octanol–water partition coefficient (Wildman–Crippen LogP) is 4.17. The van der Waals surface area contributed by atoms with Crippen molar-refractivity contribution in [2.24, 2.45) is 0 Å². The number of aliphatic hydroxyl groups excluding tert-OH is 1. The summed E-state index contributed by atoms with van der Waals surface area (Å²) in [4.78, 5) is 0. The normalized spacial score (nSPS) is 12.4. The van der Waals surface area contributed by atoms with E-state index >= 15 is 0 Å². The Morgan fingerprint density at radius 1 is 1.17 bits per heavy atom. The van der Waals surface area contributed by atoms with E-state index < -0.39 is 6.10 Å². The molecule has 1 atom stereocenters. The van der Waals surface area contributed by atoms with E-state index in [-0.39, 0.29) is 5.82 Å². The van der Waals surface area contributed by atoms with Crippen molar-refractivity contribution in [1.29, 1.82) is 0 Å². The maximum atomic E-state index is 13.7. The van der Waals surface area contributed by atoms with Crippen LogP contribution in [0.15, 0.2) is 46.9 Å². The largest absolute Gasteiger partial charge is 0.388 e. The first-order chi connectivity index (χ1) is 8.58. The molecule has 0 heterocycles. The Morgan fingerprint density at radius 3 is 2.44 bits per heavy atom. The summed E-state index contributed by atoms with van der Waals surface area (Å²) in [7, 11) is 0. The van der Waals surface area contributed by atoms with Crippen LogP contribution in [0.25, 0.3) is 0 Å². The summed E-state index contributed by atoms with van der Waals surface area (Å²) in [6.07, 6.45) is -0.442. The minimum Gasteiger partial charge on any atom is -0.388 e. The molecule has 3 heteroatoms. The number of hydrogen-bond donors (Lipinski definition) is 1. The second kappa shape index (κ2) is 5.63. The molecule has 0 aliphatic heterocycles. The first kappa shape index (κ1) is 13.2. The monoisotopic (exact) mass is 308 g/mol.